The Morgan fingerprint density at radius 1 is 1.38 bits per heavy atom. The van der Waals surface area contributed by atoms with Crippen LogP contribution in [-0.4, -0.2) is 10.9 Å². The molecule has 1 heterocycles. The Kier molecular flexibility index (Phi) is 4.72. The second-order valence-electron chi connectivity index (χ2n) is 4.17. The first kappa shape index (κ1) is 14.8. The van der Waals surface area contributed by atoms with Gasteiger partial charge in [-0.1, -0.05) is 23.7 Å². The van der Waals surface area contributed by atoms with Crippen LogP contribution in [0.25, 0.3) is 0 Å². The van der Waals surface area contributed by atoms with Crippen LogP contribution in [0.4, 0.5) is 5.82 Å². The van der Waals surface area contributed by atoms with Gasteiger partial charge in [0.25, 0.3) is 5.91 Å². The molecular formula is C14H12ClN5O. The fraction of sp³-hybridized carbons (Fsp3) is 0.0714. The molecule has 0 fully saturated rings. The molecule has 0 radical (unpaired) electrons. The van der Waals surface area contributed by atoms with Gasteiger partial charge < -0.3 is 10.7 Å². The van der Waals surface area contributed by atoms with Crippen molar-refractivity contribution in [1.29, 1.82) is 5.26 Å². The number of amides is 1. The molecule has 21 heavy (non-hydrogen) atoms. The number of pyridine rings is 1. The molecule has 106 valence electrons. The van der Waals surface area contributed by atoms with Gasteiger partial charge in [0.05, 0.1) is 16.7 Å². The molecule has 0 aliphatic heterocycles. The Balaban J connectivity index is 2.10. The van der Waals surface area contributed by atoms with Crippen LogP contribution in [-0.2, 0) is 6.54 Å². The van der Waals surface area contributed by atoms with Crippen molar-refractivity contribution in [2.75, 3.05) is 5.43 Å². The summed E-state index contributed by atoms with van der Waals surface area (Å²) in [5.41, 5.74) is 3.79. The molecule has 1 aromatic heterocycles. The first-order valence-corrected chi connectivity index (χ1v) is 6.42. The van der Waals surface area contributed by atoms with Crippen LogP contribution in [0.1, 0.15) is 21.6 Å². The van der Waals surface area contributed by atoms with E-state index in [0.29, 0.717) is 11.4 Å². The topological polar surface area (TPSA) is 104 Å². The number of nitrogen functional groups attached to an aromatic ring is 1. The fourth-order valence-corrected chi connectivity index (χ4v) is 1.89. The van der Waals surface area contributed by atoms with Crippen LogP contribution in [0.3, 0.4) is 0 Å². The van der Waals surface area contributed by atoms with Crippen molar-refractivity contribution < 1.29 is 4.79 Å². The number of carbonyl (C=O) groups is 1. The molecule has 0 spiro atoms. The number of anilines is 1. The van der Waals surface area contributed by atoms with Crippen LogP contribution >= 0.6 is 11.6 Å². The molecule has 0 unspecified atom stereocenters. The Morgan fingerprint density at radius 2 is 2.19 bits per heavy atom. The number of hydrazine groups is 1. The van der Waals surface area contributed by atoms with Gasteiger partial charge in [0.15, 0.2) is 0 Å². The summed E-state index contributed by atoms with van der Waals surface area (Å²) in [6, 6.07) is 12.1. The van der Waals surface area contributed by atoms with Crippen LogP contribution < -0.4 is 16.6 Å². The Hall–Kier alpha value is -2.62. The molecule has 0 atom stereocenters. The molecule has 2 aromatic rings. The largest absolute Gasteiger partial charge is 0.347 e. The van der Waals surface area contributed by atoms with Gasteiger partial charge in [-0.2, -0.15) is 5.26 Å². The molecule has 0 saturated heterocycles. The smallest absolute Gasteiger partial charge is 0.271 e. The third kappa shape index (κ3) is 3.69. The third-order valence-electron chi connectivity index (χ3n) is 2.72. The second kappa shape index (κ2) is 6.70. The average molecular weight is 302 g/mol. The zero-order valence-corrected chi connectivity index (χ0v) is 11.7. The van der Waals surface area contributed by atoms with E-state index in [1.807, 2.05) is 12.1 Å². The second-order valence-corrected chi connectivity index (χ2v) is 4.57. The molecular weight excluding hydrogens is 290 g/mol. The lowest BCUT2D eigenvalue weighted by Crippen LogP contribution is -2.25. The lowest BCUT2D eigenvalue weighted by atomic mass is 10.1. The van der Waals surface area contributed by atoms with Gasteiger partial charge in [0.2, 0.25) is 0 Å². The SMILES string of the molecule is N#Cc1cccc(CNC(=O)c2nc(NN)ccc2Cl)c1. The summed E-state index contributed by atoms with van der Waals surface area (Å²) in [6.07, 6.45) is 0. The highest BCUT2D eigenvalue weighted by Gasteiger charge is 2.12. The lowest BCUT2D eigenvalue weighted by Gasteiger charge is -2.08. The third-order valence-corrected chi connectivity index (χ3v) is 3.02. The van der Waals surface area contributed by atoms with Gasteiger partial charge in [-0.3, -0.25) is 4.79 Å². The number of carbonyl (C=O) groups excluding carboxylic acids is 1. The normalized spacial score (nSPS) is 9.76. The fourth-order valence-electron chi connectivity index (χ4n) is 1.70. The first-order chi connectivity index (χ1) is 10.1. The van der Waals surface area contributed by atoms with E-state index in [2.05, 4.69) is 15.7 Å². The maximum atomic E-state index is 12.1. The molecule has 1 amide bonds. The van der Waals surface area contributed by atoms with E-state index >= 15 is 0 Å². The average Bonchev–Trinajstić information content (AvgIpc) is 2.53. The summed E-state index contributed by atoms with van der Waals surface area (Å²) >= 11 is 5.94. The molecule has 0 aliphatic carbocycles. The lowest BCUT2D eigenvalue weighted by molar-refractivity contribution is 0.0946. The summed E-state index contributed by atoms with van der Waals surface area (Å²) in [7, 11) is 0. The van der Waals surface area contributed by atoms with Gasteiger partial charge in [0.1, 0.15) is 11.5 Å². The number of nitriles is 1. The molecule has 6 nitrogen and oxygen atoms in total. The highest BCUT2D eigenvalue weighted by molar-refractivity contribution is 6.33. The quantitative estimate of drug-likeness (QED) is 0.590. The molecule has 1 aromatic carbocycles. The minimum absolute atomic E-state index is 0.0866. The Morgan fingerprint density at radius 3 is 2.90 bits per heavy atom. The van der Waals surface area contributed by atoms with Crippen molar-refractivity contribution in [3.05, 3.63) is 58.2 Å². The van der Waals surface area contributed by atoms with E-state index in [9.17, 15) is 4.79 Å². The standard InChI is InChI=1S/C14H12ClN5O/c15-11-4-5-12(20-17)19-13(11)14(21)18-8-10-3-1-2-9(6-10)7-16/h1-6H,8,17H2,(H,18,21)(H,19,20). The van der Waals surface area contributed by atoms with E-state index in [1.165, 1.54) is 6.07 Å². The first-order valence-electron chi connectivity index (χ1n) is 6.04. The molecule has 2 rings (SSSR count). The Labute approximate surface area is 126 Å². The number of nitrogens with one attached hydrogen (secondary N) is 2. The number of hydrogen-bond donors (Lipinski definition) is 3. The summed E-state index contributed by atoms with van der Waals surface area (Å²) in [4.78, 5) is 16.1. The van der Waals surface area contributed by atoms with Crippen LogP contribution in [0.5, 0.6) is 0 Å². The van der Waals surface area contributed by atoms with E-state index in [0.717, 1.165) is 5.56 Å². The summed E-state index contributed by atoms with van der Waals surface area (Å²) in [6.45, 7) is 0.270. The van der Waals surface area contributed by atoms with Crippen molar-refractivity contribution in [1.82, 2.24) is 10.3 Å². The number of nitrogens with two attached hydrogens (primary N) is 1. The zero-order valence-electron chi connectivity index (χ0n) is 10.9. The number of nitrogens with zero attached hydrogens (tertiary/aromatic N) is 2. The summed E-state index contributed by atoms with van der Waals surface area (Å²) < 4.78 is 0. The highest BCUT2D eigenvalue weighted by Crippen LogP contribution is 2.16. The predicted molar refractivity (Wildman–Crippen MR) is 79.4 cm³/mol. The van der Waals surface area contributed by atoms with Crippen molar-refractivity contribution in [2.45, 2.75) is 6.54 Å². The van der Waals surface area contributed by atoms with E-state index in [4.69, 9.17) is 22.7 Å². The highest BCUT2D eigenvalue weighted by atomic mass is 35.5. The predicted octanol–water partition coefficient (Wildman–Crippen LogP) is 1.82. The molecule has 0 saturated carbocycles. The number of rotatable bonds is 4. The molecule has 7 heteroatoms. The minimum atomic E-state index is -0.417. The van der Waals surface area contributed by atoms with Gasteiger partial charge >= 0.3 is 0 Å². The van der Waals surface area contributed by atoms with Crippen LogP contribution in [0.15, 0.2) is 36.4 Å². The van der Waals surface area contributed by atoms with Crippen molar-refractivity contribution >= 4 is 23.3 Å². The zero-order chi connectivity index (χ0) is 15.2. The van der Waals surface area contributed by atoms with E-state index in [-0.39, 0.29) is 17.3 Å². The van der Waals surface area contributed by atoms with Crippen molar-refractivity contribution in [2.24, 2.45) is 5.84 Å². The maximum Gasteiger partial charge on any atom is 0.271 e. The van der Waals surface area contributed by atoms with Crippen molar-refractivity contribution in [3.63, 3.8) is 0 Å². The molecule has 0 bridgehead atoms. The maximum absolute atomic E-state index is 12.1. The summed E-state index contributed by atoms with van der Waals surface area (Å²) in [5.74, 6) is 5.17. The number of benzene rings is 1. The molecule has 4 N–H and O–H groups in total. The van der Waals surface area contributed by atoms with Gasteiger partial charge in [0, 0.05) is 6.54 Å². The van der Waals surface area contributed by atoms with Gasteiger partial charge in [-0.25, -0.2) is 10.8 Å². The number of halogens is 1. The number of aromatic nitrogens is 1. The monoisotopic (exact) mass is 301 g/mol. The van der Waals surface area contributed by atoms with Crippen LogP contribution in [0, 0.1) is 11.3 Å². The van der Waals surface area contributed by atoms with Gasteiger partial charge in [-0.15, -0.1) is 0 Å². The molecule has 0 aliphatic rings. The van der Waals surface area contributed by atoms with E-state index < -0.39 is 5.91 Å². The van der Waals surface area contributed by atoms with Gasteiger partial charge in [-0.05, 0) is 29.8 Å². The summed E-state index contributed by atoms with van der Waals surface area (Å²) in [5, 5.41) is 11.8. The minimum Gasteiger partial charge on any atom is -0.347 e. The number of hydrogen-bond acceptors (Lipinski definition) is 5. The Bertz CT molecular complexity index is 711. The van der Waals surface area contributed by atoms with Crippen LogP contribution in [0.2, 0.25) is 5.02 Å². The van der Waals surface area contributed by atoms with E-state index in [1.54, 1.807) is 24.3 Å². The van der Waals surface area contributed by atoms with Crippen molar-refractivity contribution in [3.8, 4) is 6.07 Å².